The van der Waals surface area contributed by atoms with E-state index in [4.69, 9.17) is 26.0 Å². The minimum absolute atomic E-state index is 0.334. The Bertz CT molecular complexity index is 1350. The molecule has 180 valence electrons. The van der Waals surface area contributed by atoms with Gasteiger partial charge in [0.25, 0.3) is 12.2 Å². The number of nitrogens with two attached hydrogens (primary N) is 2. The number of aryl methyl sites for hydroxylation is 1. The summed E-state index contributed by atoms with van der Waals surface area (Å²) < 4.78 is 7.97. The molecule has 35 heavy (non-hydrogen) atoms. The van der Waals surface area contributed by atoms with Gasteiger partial charge in [-0.05, 0) is 18.0 Å². The van der Waals surface area contributed by atoms with Crippen molar-refractivity contribution in [3.8, 4) is 27.6 Å². The predicted molar refractivity (Wildman–Crippen MR) is 140 cm³/mol. The molecule has 9 nitrogen and oxygen atoms in total. The minimum Gasteiger partial charge on any atom is -0.492 e. The fourth-order valence-corrected chi connectivity index (χ4v) is 5.36. The second-order valence-electron chi connectivity index (χ2n) is 8.32. The highest BCUT2D eigenvalue weighted by Crippen LogP contribution is 2.37. The summed E-state index contributed by atoms with van der Waals surface area (Å²) in [6, 6.07) is 13.9. The average molecular weight is 490 g/mol. The van der Waals surface area contributed by atoms with Gasteiger partial charge in [-0.25, -0.2) is 9.50 Å². The number of nitrogens with zero attached hydrogens (tertiary/aromatic N) is 5. The van der Waals surface area contributed by atoms with Crippen molar-refractivity contribution in [2.75, 3.05) is 39.3 Å². The first-order valence-corrected chi connectivity index (χ1v) is 12.4. The number of nitrogens with one attached hydrogen (secondary N) is 1. The normalized spacial score (nSPS) is 14.9. The third-order valence-electron chi connectivity index (χ3n) is 6.00. The quantitative estimate of drug-likeness (QED) is 0.253. The number of amidine groups is 1. The summed E-state index contributed by atoms with van der Waals surface area (Å²) in [4.78, 5) is 12.3. The fourth-order valence-electron chi connectivity index (χ4n) is 4.26. The third-order valence-corrected chi connectivity index (χ3v) is 7.10. The van der Waals surface area contributed by atoms with Crippen molar-refractivity contribution in [2.45, 2.75) is 6.92 Å². The zero-order valence-electron chi connectivity index (χ0n) is 19.6. The molecule has 0 aliphatic carbocycles. The Kier molecular flexibility index (Phi) is 6.84. The summed E-state index contributed by atoms with van der Waals surface area (Å²) in [7, 11) is 0. The monoisotopic (exact) mass is 489 g/mol. The van der Waals surface area contributed by atoms with E-state index in [1.807, 2.05) is 60.1 Å². The van der Waals surface area contributed by atoms with Crippen LogP contribution in [0.1, 0.15) is 10.6 Å². The fraction of sp³-hybridized carbons (Fsp3) is 0.280. The van der Waals surface area contributed by atoms with E-state index in [2.05, 4.69) is 15.2 Å². The molecule has 3 aromatic heterocycles. The van der Waals surface area contributed by atoms with Crippen LogP contribution in [-0.4, -0.2) is 71.0 Å². The minimum atomic E-state index is 0.334. The van der Waals surface area contributed by atoms with Gasteiger partial charge in [-0.1, -0.05) is 30.3 Å². The molecule has 5 rings (SSSR count). The Morgan fingerprint density at radius 2 is 2.06 bits per heavy atom. The van der Waals surface area contributed by atoms with Crippen molar-refractivity contribution < 1.29 is 10.1 Å². The van der Waals surface area contributed by atoms with Crippen LogP contribution in [0.3, 0.4) is 0 Å². The Balaban J connectivity index is 1.49. The van der Waals surface area contributed by atoms with E-state index in [0.29, 0.717) is 12.4 Å². The van der Waals surface area contributed by atoms with Gasteiger partial charge in [0, 0.05) is 50.6 Å². The number of ether oxygens (including phenoxy) is 1. The molecule has 0 saturated carbocycles. The molecule has 1 saturated heterocycles. The van der Waals surface area contributed by atoms with Crippen LogP contribution in [0, 0.1) is 6.92 Å². The molecule has 1 aromatic carbocycles. The summed E-state index contributed by atoms with van der Waals surface area (Å²) in [5.74, 6) is 1.15. The van der Waals surface area contributed by atoms with Crippen molar-refractivity contribution in [2.24, 2.45) is 10.7 Å². The van der Waals surface area contributed by atoms with Crippen LogP contribution in [0.5, 0.6) is 5.75 Å². The summed E-state index contributed by atoms with van der Waals surface area (Å²) in [6.45, 7) is 7.71. The summed E-state index contributed by atoms with van der Waals surface area (Å²) in [5, 5.41) is 14.4. The molecule has 0 spiro atoms. The van der Waals surface area contributed by atoms with Crippen molar-refractivity contribution in [1.29, 1.82) is 0 Å². The summed E-state index contributed by atoms with van der Waals surface area (Å²) in [5.41, 5.74) is 10.8. The number of thiazole rings is 1. The molecule has 1 aliphatic rings. The van der Waals surface area contributed by atoms with E-state index >= 15 is 0 Å². The van der Waals surface area contributed by atoms with E-state index in [1.165, 1.54) is 17.7 Å². The van der Waals surface area contributed by atoms with Gasteiger partial charge in [0.05, 0.1) is 22.5 Å². The van der Waals surface area contributed by atoms with Gasteiger partial charge in [0.15, 0.2) is 0 Å². The molecule has 4 aromatic rings. The molecule has 4 heterocycles. The lowest BCUT2D eigenvalue weighted by molar-refractivity contribution is -0.106. The number of benzene rings is 1. The number of pyridine rings is 1. The van der Waals surface area contributed by atoms with Crippen LogP contribution in [0.25, 0.3) is 27.3 Å². The lowest BCUT2D eigenvalue weighted by Crippen LogP contribution is -2.44. The largest absolute Gasteiger partial charge is 0.492 e. The molecule has 1 fully saturated rings. The number of piperazine rings is 1. The van der Waals surface area contributed by atoms with Crippen LogP contribution in [0.15, 0.2) is 53.7 Å². The van der Waals surface area contributed by atoms with Gasteiger partial charge < -0.3 is 15.8 Å². The second-order valence-corrected chi connectivity index (χ2v) is 9.32. The molecular weight excluding hydrogens is 460 g/mol. The number of rotatable bonds is 8. The highest BCUT2D eigenvalue weighted by molar-refractivity contribution is 7.17. The predicted octanol–water partition coefficient (Wildman–Crippen LogP) is 1.21. The van der Waals surface area contributed by atoms with Gasteiger partial charge in [0.1, 0.15) is 22.2 Å². The van der Waals surface area contributed by atoms with Gasteiger partial charge in [-0.3, -0.25) is 10.3 Å². The van der Waals surface area contributed by atoms with Crippen LogP contribution in [-0.2, 0) is 0 Å². The van der Waals surface area contributed by atoms with E-state index in [1.54, 1.807) is 0 Å². The van der Waals surface area contributed by atoms with Gasteiger partial charge >= 0.3 is 0 Å². The second kappa shape index (κ2) is 10.3. The zero-order chi connectivity index (χ0) is 24.2. The molecule has 10 heteroatoms. The Morgan fingerprint density at radius 3 is 2.83 bits per heavy atom. The Morgan fingerprint density at radius 1 is 1.26 bits per heavy atom. The maximum absolute atomic E-state index is 6.26. The molecule has 0 amide bonds. The maximum atomic E-state index is 6.26. The molecular formula is C25H29N8OS+. The van der Waals surface area contributed by atoms with Crippen molar-refractivity contribution >= 4 is 29.0 Å². The Hall–Kier alpha value is -3.60. The number of fused-ring (bicyclic) bond motifs is 1. The van der Waals surface area contributed by atoms with Crippen molar-refractivity contribution in [1.82, 2.24) is 24.8 Å². The average Bonchev–Trinajstić information content (AvgIpc) is 3.46. The summed E-state index contributed by atoms with van der Waals surface area (Å²) >= 11 is 1.48. The number of hydrogen-bond acceptors (Lipinski definition) is 6. The third kappa shape index (κ3) is 4.95. The van der Waals surface area contributed by atoms with E-state index in [-0.39, 0.29) is 0 Å². The smallest absolute Gasteiger partial charge is 0.279 e. The van der Waals surface area contributed by atoms with Gasteiger partial charge in [-0.2, -0.15) is 5.10 Å². The molecule has 0 radical (unpaired) electrons. The van der Waals surface area contributed by atoms with Crippen molar-refractivity contribution in [3.05, 3.63) is 59.2 Å². The van der Waals surface area contributed by atoms with Crippen molar-refractivity contribution in [3.63, 3.8) is 0 Å². The standard InChI is InChI=1S/C25H28N8OS/c1-17-21(25-30-22(18-5-3-2-4-6-18)23(35-25)24(27)29-16-26)20-15-19(7-10-33(20)31-17)34-14-13-32-11-8-28-9-12-32/h2-7,10,15-16,28H,8-9,11-14H2,1H3,(H3,26,27,29)/p+1. The number of hydrogen-bond donors (Lipinski definition) is 3. The van der Waals surface area contributed by atoms with Crippen LogP contribution < -0.4 is 21.2 Å². The molecule has 1 aliphatic heterocycles. The summed E-state index contributed by atoms with van der Waals surface area (Å²) in [6.07, 6.45) is 3.13. The molecule has 5 N–H and O–H groups in total. The lowest BCUT2D eigenvalue weighted by atomic mass is 10.1. The highest BCUT2D eigenvalue weighted by atomic mass is 32.1. The van der Waals surface area contributed by atoms with Gasteiger partial charge in [0.2, 0.25) is 0 Å². The molecule has 0 atom stereocenters. The highest BCUT2D eigenvalue weighted by Gasteiger charge is 2.23. The maximum Gasteiger partial charge on any atom is 0.279 e. The number of aliphatic imine (C=N–C) groups is 1. The first-order valence-electron chi connectivity index (χ1n) is 11.6. The van der Waals surface area contributed by atoms with Crippen LogP contribution >= 0.6 is 11.3 Å². The van der Waals surface area contributed by atoms with Crippen LogP contribution in [0.2, 0.25) is 0 Å². The van der Waals surface area contributed by atoms with E-state index in [9.17, 15) is 0 Å². The Labute approximate surface area is 207 Å². The molecule has 0 bridgehead atoms. The topological polar surface area (TPSA) is 119 Å². The molecule has 0 unspecified atom stereocenters. The van der Waals surface area contributed by atoms with Gasteiger partial charge in [-0.15, -0.1) is 11.3 Å². The first-order chi connectivity index (χ1) is 17.1. The zero-order valence-corrected chi connectivity index (χ0v) is 20.5. The van der Waals surface area contributed by atoms with E-state index < -0.39 is 0 Å². The van der Waals surface area contributed by atoms with Crippen LogP contribution in [0.4, 0.5) is 0 Å². The van der Waals surface area contributed by atoms with E-state index in [0.717, 1.165) is 76.4 Å². The SMILES string of the molecule is Cc1nn2ccc(OCCN3CCNCC3)cc2c1-c1nc(-c2ccccc2)c(C(N)=NC=[NH2+])s1. The number of aromatic nitrogens is 3. The lowest BCUT2D eigenvalue weighted by Gasteiger charge is -2.26. The first kappa shape index (κ1) is 23.2.